The molecule has 0 fully saturated rings. The van der Waals surface area contributed by atoms with Crippen LogP contribution in [0.3, 0.4) is 0 Å². The first kappa shape index (κ1) is 26.6. The zero-order valence-corrected chi connectivity index (χ0v) is 22.0. The highest BCUT2D eigenvalue weighted by Crippen LogP contribution is 2.37. The molecule has 3 N–H and O–H groups in total. The van der Waals surface area contributed by atoms with E-state index in [9.17, 15) is 23.2 Å². The van der Waals surface area contributed by atoms with E-state index in [1.807, 2.05) is 54.6 Å². The lowest BCUT2D eigenvalue weighted by molar-refractivity contribution is -0.110. The van der Waals surface area contributed by atoms with Gasteiger partial charge in [-0.3, -0.25) is 19.0 Å². The third kappa shape index (κ3) is 5.25. The molecule has 0 aliphatic carbocycles. The lowest BCUT2D eigenvalue weighted by atomic mass is 10.00. The number of nitrogens with zero attached hydrogens (tertiary/aromatic N) is 2. The van der Waals surface area contributed by atoms with Gasteiger partial charge in [-0.05, 0) is 47.0 Å². The van der Waals surface area contributed by atoms with Crippen molar-refractivity contribution in [1.29, 1.82) is 0 Å². The van der Waals surface area contributed by atoms with Crippen LogP contribution in [-0.2, 0) is 11.3 Å². The van der Waals surface area contributed by atoms with Gasteiger partial charge in [-0.15, -0.1) is 0 Å². The molecule has 2 aliphatic heterocycles. The molecule has 0 bridgehead atoms. The van der Waals surface area contributed by atoms with Crippen molar-refractivity contribution in [2.75, 3.05) is 17.2 Å². The Balaban J connectivity index is 1.11. The van der Waals surface area contributed by atoms with E-state index in [0.717, 1.165) is 51.0 Å². The van der Waals surface area contributed by atoms with Crippen LogP contribution in [0.5, 0.6) is 0 Å². The standard InChI is InChI=1S/C32H23F2N5O3/c33-24-11-8-20(14-25(24)34)17-39-18-35-16-23(32(39)42)30(40)36-13-3-4-19-7-10-22-28(15-19)38-31(41)29(22)27-12-9-21-5-1-2-6-26(21)37-27/h1-12,14-16,18,37H,13,17H2,(H,36,40)(H,38,41)/b4-3+,29-27?. The second-order valence-corrected chi connectivity index (χ2v) is 9.69. The van der Waals surface area contributed by atoms with E-state index in [2.05, 4.69) is 20.9 Å². The molecule has 3 heterocycles. The molecule has 8 nitrogen and oxygen atoms in total. The first-order valence-corrected chi connectivity index (χ1v) is 13.0. The van der Waals surface area contributed by atoms with E-state index >= 15 is 0 Å². The second-order valence-electron chi connectivity index (χ2n) is 9.69. The Hall–Kier alpha value is -5.64. The second kappa shape index (κ2) is 11.1. The Bertz CT molecular complexity index is 1910. The van der Waals surface area contributed by atoms with Crippen LogP contribution in [0.15, 0.2) is 95.8 Å². The number of nitrogens with one attached hydrogen (secondary N) is 3. The van der Waals surface area contributed by atoms with Crippen molar-refractivity contribution in [1.82, 2.24) is 14.9 Å². The maximum absolute atomic E-state index is 13.5. The topological polar surface area (TPSA) is 105 Å². The molecule has 1 aromatic heterocycles. The fourth-order valence-corrected chi connectivity index (χ4v) is 4.82. The summed E-state index contributed by atoms with van der Waals surface area (Å²) < 4.78 is 27.9. The number of carbonyl (C=O) groups is 2. The molecule has 42 heavy (non-hydrogen) atoms. The van der Waals surface area contributed by atoms with Crippen LogP contribution in [0.25, 0.3) is 17.7 Å². The Morgan fingerprint density at radius 2 is 1.81 bits per heavy atom. The maximum Gasteiger partial charge on any atom is 0.266 e. The molecule has 208 valence electrons. The molecule has 4 aromatic rings. The van der Waals surface area contributed by atoms with E-state index in [1.165, 1.54) is 12.4 Å². The summed E-state index contributed by atoms with van der Waals surface area (Å²) in [4.78, 5) is 42.2. The van der Waals surface area contributed by atoms with Crippen LogP contribution >= 0.6 is 0 Å². The molecule has 0 spiro atoms. The lowest BCUT2D eigenvalue weighted by Crippen LogP contribution is -2.33. The van der Waals surface area contributed by atoms with Gasteiger partial charge in [0.1, 0.15) is 5.56 Å². The van der Waals surface area contributed by atoms with Gasteiger partial charge in [-0.25, -0.2) is 13.8 Å². The molecular formula is C32H23F2N5O3. The first-order chi connectivity index (χ1) is 20.4. The Morgan fingerprint density at radius 3 is 2.67 bits per heavy atom. The van der Waals surface area contributed by atoms with Crippen molar-refractivity contribution in [2.24, 2.45) is 0 Å². The summed E-state index contributed by atoms with van der Waals surface area (Å²) in [5.41, 5.74) is 5.09. The summed E-state index contributed by atoms with van der Waals surface area (Å²) in [6, 6.07) is 16.7. The molecule has 3 aromatic carbocycles. The molecule has 0 radical (unpaired) electrons. The van der Waals surface area contributed by atoms with Crippen LogP contribution in [0.4, 0.5) is 20.2 Å². The minimum atomic E-state index is -1.03. The Morgan fingerprint density at radius 1 is 0.952 bits per heavy atom. The van der Waals surface area contributed by atoms with Crippen LogP contribution < -0.4 is 21.5 Å². The van der Waals surface area contributed by atoms with E-state index in [-0.39, 0.29) is 24.6 Å². The SMILES string of the molecule is O=C1Nc2cc(/C=C/CNC(=O)c3cncn(Cc4ccc(F)c(F)c4)c3=O)ccc2C1=C1C=Cc2ccccc2N1. The highest BCUT2D eigenvalue weighted by atomic mass is 19.2. The zero-order valence-electron chi connectivity index (χ0n) is 22.0. The summed E-state index contributed by atoms with van der Waals surface area (Å²) in [6.07, 6.45) is 9.76. The number of allylic oxidation sites excluding steroid dienone is 1. The molecule has 10 heteroatoms. The molecule has 0 saturated carbocycles. The largest absolute Gasteiger partial charge is 0.354 e. The molecule has 0 unspecified atom stereocenters. The van der Waals surface area contributed by atoms with Crippen molar-refractivity contribution >= 4 is 40.9 Å². The van der Waals surface area contributed by atoms with E-state index in [0.29, 0.717) is 16.8 Å². The molecule has 0 atom stereocenters. The van der Waals surface area contributed by atoms with Crippen LogP contribution in [0, 0.1) is 11.6 Å². The number of hydrogen-bond acceptors (Lipinski definition) is 5. The number of benzene rings is 3. The van der Waals surface area contributed by atoms with Crippen LogP contribution in [-0.4, -0.2) is 27.9 Å². The number of carbonyl (C=O) groups excluding carboxylic acids is 2. The number of fused-ring (bicyclic) bond motifs is 2. The minimum absolute atomic E-state index is 0.0725. The number of hydrogen-bond donors (Lipinski definition) is 3. The lowest BCUT2D eigenvalue weighted by Gasteiger charge is -2.17. The monoisotopic (exact) mass is 563 g/mol. The predicted molar refractivity (Wildman–Crippen MR) is 156 cm³/mol. The summed E-state index contributed by atoms with van der Waals surface area (Å²) >= 11 is 0. The van der Waals surface area contributed by atoms with E-state index in [1.54, 1.807) is 12.2 Å². The average Bonchev–Trinajstić information content (AvgIpc) is 3.32. The van der Waals surface area contributed by atoms with Crippen molar-refractivity contribution < 1.29 is 18.4 Å². The van der Waals surface area contributed by atoms with Gasteiger partial charge in [0.25, 0.3) is 17.4 Å². The molecule has 2 aliphatic rings. The number of para-hydroxylation sites is 1. The Kier molecular flexibility index (Phi) is 7.02. The van der Waals surface area contributed by atoms with Gasteiger partial charge in [0.15, 0.2) is 11.6 Å². The fraction of sp³-hybridized carbons (Fsp3) is 0.0625. The van der Waals surface area contributed by atoms with Gasteiger partial charge in [0, 0.05) is 29.7 Å². The zero-order chi connectivity index (χ0) is 29.2. The van der Waals surface area contributed by atoms with E-state index < -0.39 is 23.1 Å². The van der Waals surface area contributed by atoms with Gasteiger partial charge < -0.3 is 16.0 Å². The highest BCUT2D eigenvalue weighted by molar-refractivity contribution is 6.33. The molecular weight excluding hydrogens is 540 g/mol. The predicted octanol–water partition coefficient (Wildman–Crippen LogP) is 4.82. The Labute approximate surface area is 238 Å². The third-order valence-corrected chi connectivity index (χ3v) is 6.89. The number of aromatic nitrogens is 2. The summed E-state index contributed by atoms with van der Waals surface area (Å²) in [5, 5.41) is 8.91. The van der Waals surface area contributed by atoms with Gasteiger partial charge >= 0.3 is 0 Å². The summed E-state index contributed by atoms with van der Waals surface area (Å²) in [5.74, 6) is -2.83. The van der Waals surface area contributed by atoms with Gasteiger partial charge in [-0.2, -0.15) is 0 Å². The average molecular weight is 564 g/mol. The van der Waals surface area contributed by atoms with Crippen molar-refractivity contribution in [3.63, 3.8) is 0 Å². The number of amides is 2. The quantitative estimate of drug-likeness (QED) is 0.292. The molecule has 6 rings (SSSR count). The normalized spacial score (nSPS) is 15.2. The van der Waals surface area contributed by atoms with E-state index in [4.69, 9.17) is 0 Å². The third-order valence-electron chi connectivity index (χ3n) is 6.89. The van der Waals surface area contributed by atoms with Gasteiger partial charge in [0.2, 0.25) is 0 Å². The highest BCUT2D eigenvalue weighted by Gasteiger charge is 2.28. The maximum atomic E-state index is 13.5. The molecule has 0 saturated heterocycles. The van der Waals surface area contributed by atoms with Gasteiger partial charge in [-0.1, -0.05) is 54.6 Å². The van der Waals surface area contributed by atoms with Crippen molar-refractivity contribution in [2.45, 2.75) is 6.54 Å². The first-order valence-electron chi connectivity index (χ1n) is 13.0. The summed E-state index contributed by atoms with van der Waals surface area (Å²) in [7, 11) is 0. The fourth-order valence-electron chi connectivity index (χ4n) is 4.82. The van der Waals surface area contributed by atoms with Crippen LogP contribution in [0.1, 0.15) is 32.6 Å². The summed E-state index contributed by atoms with van der Waals surface area (Å²) in [6.45, 7) is 0.0557. The van der Waals surface area contributed by atoms with Crippen molar-refractivity contribution in [3.8, 4) is 0 Å². The van der Waals surface area contributed by atoms with Gasteiger partial charge in [0.05, 0.1) is 24.1 Å². The smallest absolute Gasteiger partial charge is 0.266 e. The molecule has 2 amide bonds. The number of halogens is 2. The minimum Gasteiger partial charge on any atom is -0.354 e. The number of anilines is 2. The number of rotatable bonds is 6. The van der Waals surface area contributed by atoms with Crippen molar-refractivity contribution in [3.05, 3.63) is 141 Å². The van der Waals surface area contributed by atoms with Crippen LogP contribution in [0.2, 0.25) is 0 Å².